The number of aryl methyl sites for hydroxylation is 2. The molecule has 1 aromatic heterocycles. The van der Waals surface area contributed by atoms with Crippen molar-refractivity contribution in [2.24, 2.45) is 0 Å². The van der Waals surface area contributed by atoms with E-state index in [1.807, 2.05) is 0 Å². The zero-order valence-corrected chi connectivity index (χ0v) is 21.0. The molecule has 2 heterocycles. The van der Waals surface area contributed by atoms with E-state index in [4.69, 9.17) is 9.47 Å². The number of benzene rings is 2. The van der Waals surface area contributed by atoms with Crippen LogP contribution < -0.4 is 9.64 Å². The second kappa shape index (κ2) is 9.82. The Bertz CT molecular complexity index is 1490. The van der Waals surface area contributed by atoms with Crippen molar-refractivity contribution >= 4 is 45.6 Å². The number of anilines is 1. The van der Waals surface area contributed by atoms with Crippen LogP contribution in [0.2, 0.25) is 0 Å². The van der Waals surface area contributed by atoms with E-state index in [0.717, 1.165) is 16.2 Å². The zero-order chi connectivity index (χ0) is 27.0. The van der Waals surface area contributed by atoms with Crippen molar-refractivity contribution in [2.75, 3.05) is 19.1 Å². The molecule has 1 saturated heterocycles. The summed E-state index contributed by atoms with van der Waals surface area (Å²) >= 11 is 0.834. The normalized spacial score (nSPS) is 16.6. The molecular formula is C25H21N3O8S. The lowest BCUT2D eigenvalue weighted by molar-refractivity contribution is -0.384. The molecule has 1 unspecified atom stereocenters. The fourth-order valence-electron chi connectivity index (χ4n) is 4.09. The number of carbonyl (C=O) groups is 3. The molecule has 1 N–H and O–H groups in total. The van der Waals surface area contributed by atoms with Crippen LogP contribution in [0.25, 0.3) is 5.76 Å². The number of non-ortho nitro benzene ring substituents is 1. The maximum absolute atomic E-state index is 13.3. The van der Waals surface area contributed by atoms with E-state index < -0.39 is 34.4 Å². The van der Waals surface area contributed by atoms with Crippen molar-refractivity contribution in [1.82, 2.24) is 4.98 Å². The van der Waals surface area contributed by atoms with Gasteiger partial charge in [0, 0.05) is 17.7 Å². The van der Waals surface area contributed by atoms with Gasteiger partial charge < -0.3 is 14.6 Å². The fraction of sp³-hybridized carbons (Fsp3) is 0.200. The molecule has 4 rings (SSSR count). The molecule has 11 nitrogen and oxygen atoms in total. The van der Waals surface area contributed by atoms with Crippen molar-refractivity contribution in [1.29, 1.82) is 0 Å². The Morgan fingerprint density at radius 2 is 1.89 bits per heavy atom. The summed E-state index contributed by atoms with van der Waals surface area (Å²) in [5.41, 5.74) is 0.783. The maximum atomic E-state index is 13.3. The van der Waals surface area contributed by atoms with Crippen LogP contribution in [0.3, 0.4) is 0 Å². The molecule has 12 heteroatoms. The highest BCUT2D eigenvalue weighted by atomic mass is 32.1. The standard InChI is InChI=1S/C25H21N3O8S/c1-12-10-16(35-3)8-9-17(12)20(29)18-19(14-6-5-7-15(11-14)28(33)34)27(23(31)21(18)30)25-26-13(2)22(37-25)24(32)36-4/h5-11,19,29H,1-4H3. The number of rotatable bonds is 6. The van der Waals surface area contributed by atoms with E-state index in [2.05, 4.69) is 4.98 Å². The highest BCUT2D eigenvalue weighted by Crippen LogP contribution is 2.44. The monoisotopic (exact) mass is 523 g/mol. The fourth-order valence-corrected chi connectivity index (χ4v) is 5.11. The SMILES string of the molecule is COC(=O)c1sc(N2C(=O)C(=O)C(=C(O)c3ccc(OC)cc3C)C2c2cccc([N+](=O)[O-])c2)nc1C. The Morgan fingerprint density at radius 3 is 2.51 bits per heavy atom. The van der Waals surface area contributed by atoms with E-state index in [9.17, 15) is 29.6 Å². The molecule has 37 heavy (non-hydrogen) atoms. The second-order valence-corrected chi connectivity index (χ2v) is 9.08. The van der Waals surface area contributed by atoms with Crippen molar-refractivity contribution < 1.29 is 33.9 Å². The Balaban J connectivity index is 1.98. The van der Waals surface area contributed by atoms with Gasteiger partial charge in [-0.15, -0.1) is 0 Å². The van der Waals surface area contributed by atoms with Gasteiger partial charge in [0.15, 0.2) is 5.13 Å². The molecule has 0 radical (unpaired) electrons. The summed E-state index contributed by atoms with van der Waals surface area (Å²) in [6.07, 6.45) is 0. The predicted octanol–water partition coefficient (Wildman–Crippen LogP) is 4.09. The van der Waals surface area contributed by atoms with Gasteiger partial charge in [0.2, 0.25) is 0 Å². The van der Waals surface area contributed by atoms with Gasteiger partial charge in [-0.3, -0.25) is 24.6 Å². The van der Waals surface area contributed by atoms with E-state index in [1.165, 1.54) is 38.5 Å². The number of methoxy groups -OCH3 is 2. The number of carbonyl (C=O) groups excluding carboxylic acids is 3. The molecule has 3 aromatic rings. The molecule has 1 aliphatic rings. The zero-order valence-electron chi connectivity index (χ0n) is 20.2. The summed E-state index contributed by atoms with van der Waals surface area (Å²) in [4.78, 5) is 55.2. The van der Waals surface area contributed by atoms with E-state index in [0.29, 0.717) is 11.3 Å². The number of nitrogens with zero attached hydrogens (tertiary/aromatic N) is 3. The summed E-state index contributed by atoms with van der Waals surface area (Å²) in [5, 5.41) is 22.8. The Hall–Kier alpha value is -4.58. The van der Waals surface area contributed by atoms with Crippen molar-refractivity contribution in [3.63, 3.8) is 0 Å². The summed E-state index contributed by atoms with van der Waals surface area (Å²) in [5.74, 6) is -2.61. The molecule has 1 fully saturated rings. The van der Waals surface area contributed by atoms with Crippen LogP contribution >= 0.6 is 11.3 Å². The van der Waals surface area contributed by atoms with Crippen LogP contribution in [0.15, 0.2) is 48.0 Å². The van der Waals surface area contributed by atoms with Crippen LogP contribution in [0.5, 0.6) is 5.75 Å². The van der Waals surface area contributed by atoms with Gasteiger partial charge in [0.25, 0.3) is 11.5 Å². The topological polar surface area (TPSA) is 149 Å². The third-order valence-corrected chi connectivity index (χ3v) is 7.03. The Labute approximate surface area is 214 Å². The minimum absolute atomic E-state index is 0.00186. The van der Waals surface area contributed by atoms with Crippen LogP contribution in [0.1, 0.15) is 38.1 Å². The van der Waals surface area contributed by atoms with Gasteiger partial charge in [-0.1, -0.05) is 23.5 Å². The number of hydrogen-bond acceptors (Lipinski definition) is 10. The summed E-state index contributed by atoms with van der Waals surface area (Å²) < 4.78 is 9.97. The average molecular weight is 524 g/mol. The number of aliphatic hydroxyl groups excluding tert-OH is 1. The number of aromatic nitrogens is 1. The number of ether oxygens (including phenoxy) is 2. The number of nitro benzene ring substituents is 1. The average Bonchev–Trinajstić information content (AvgIpc) is 3.39. The molecular weight excluding hydrogens is 502 g/mol. The van der Waals surface area contributed by atoms with Gasteiger partial charge in [-0.05, 0) is 43.2 Å². The summed E-state index contributed by atoms with van der Waals surface area (Å²) in [6, 6.07) is 8.95. The van der Waals surface area contributed by atoms with Crippen LogP contribution in [-0.4, -0.2) is 46.9 Å². The van der Waals surface area contributed by atoms with Gasteiger partial charge in [0.1, 0.15) is 16.4 Å². The molecule has 1 aliphatic heterocycles. The first-order chi connectivity index (χ1) is 17.6. The number of Topliss-reactive ketones (excluding diaryl/α,β-unsaturated/α-hetero) is 1. The first-order valence-corrected chi connectivity index (χ1v) is 11.7. The number of hydrogen-bond donors (Lipinski definition) is 1. The first-order valence-electron chi connectivity index (χ1n) is 10.8. The van der Waals surface area contributed by atoms with Crippen molar-refractivity contribution in [3.8, 4) is 5.75 Å². The van der Waals surface area contributed by atoms with Gasteiger partial charge in [-0.2, -0.15) is 0 Å². The number of nitro groups is 1. The maximum Gasteiger partial charge on any atom is 0.350 e. The molecule has 190 valence electrons. The third-order valence-electron chi connectivity index (χ3n) is 5.89. The minimum Gasteiger partial charge on any atom is -0.507 e. The van der Waals surface area contributed by atoms with Crippen molar-refractivity contribution in [3.05, 3.63) is 85.4 Å². The lowest BCUT2D eigenvalue weighted by Gasteiger charge is -2.23. The number of amides is 1. The molecule has 1 amide bonds. The molecule has 0 spiro atoms. The quantitative estimate of drug-likeness (QED) is 0.126. The van der Waals surface area contributed by atoms with Gasteiger partial charge >= 0.3 is 11.9 Å². The molecule has 0 saturated carbocycles. The molecule has 2 aromatic carbocycles. The third kappa shape index (κ3) is 4.42. The van der Waals surface area contributed by atoms with Crippen molar-refractivity contribution in [2.45, 2.75) is 19.9 Å². The predicted molar refractivity (Wildman–Crippen MR) is 134 cm³/mol. The number of aliphatic hydroxyl groups is 1. The lowest BCUT2D eigenvalue weighted by Crippen LogP contribution is -2.29. The highest BCUT2D eigenvalue weighted by Gasteiger charge is 2.49. The number of ketones is 1. The highest BCUT2D eigenvalue weighted by molar-refractivity contribution is 7.17. The molecule has 0 aliphatic carbocycles. The van der Waals surface area contributed by atoms with Gasteiger partial charge in [-0.25, -0.2) is 9.78 Å². The van der Waals surface area contributed by atoms with E-state index in [-0.39, 0.29) is 38.1 Å². The number of thiazole rings is 1. The van der Waals surface area contributed by atoms with Crippen LogP contribution in [0.4, 0.5) is 10.8 Å². The Morgan fingerprint density at radius 1 is 1.16 bits per heavy atom. The van der Waals surface area contributed by atoms with E-state index >= 15 is 0 Å². The largest absolute Gasteiger partial charge is 0.507 e. The van der Waals surface area contributed by atoms with Gasteiger partial charge in [0.05, 0.1) is 36.5 Å². The summed E-state index contributed by atoms with van der Waals surface area (Å²) in [7, 11) is 2.69. The minimum atomic E-state index is -1.25. The van der Waals surface area contributed by atoms with Crippen LogP contribution in [0, 0.1) is 24.0 Å². The Kier molecular flexibility index (Phi) is 6.77. The van der Waals surface area contributed by atoms with E-state index in [1.54, 1.807) is 32.0 Å². The smallest absolute Gasteiger partial charge is 0.350 e. The first kappa shape index (κ1) is 25.5. The number of esters is 1. The lowest BCUT2D eigenvalue weighted by atomic mass is 9.93. The van der Waals surface area contributed by atoms with Crippen LogP contribution in [-0.2, 0) is 14.3 Å². The second-order valence-electron chi connectivity index (χ2n) is 8.10. The molecule has 1 atom stereocenters. The summed E-state index contributed by atoms with van der Waals surface area (Å²) in [6.45, 7) is 3.24. The molecule has 0 bridgehead atoms.